The quantitative estimate of drug-likeness (QED) is 0.715. The number of nitrogens with zero attached hydrogens (tertiary/aromatic N) is 2. The third-order valence-corrected chi connectivity index (χ3v) is 4.46. The first kappa shape index (κ1) is 14.4. The summed E-state index contributed by atoms with van der Waals surface area (Å²) >= 11 is 0. The van der Waals surface area contributed by atoms with Crippen molar-refractivity contribution in [3.8, 4) is 0 Å². The lowest BCUT2D eigenvalue weighted by molar-refractivity contribution is -0.138. The van der Waals surface area contributed by atoms with Gasteiger partial charge in [-0.15, -0.1) is 0 Å². The van der Waals surface area contributed by atoms with Crippen molar-refractivity contribution in [2.75, 3.05) is 39.5 Å². The van der Waals surface area contributed by atoms with Gasteiger partial charge >= 0.3 is 0 Å². The van der Waals surface area contributed by atoms with Gasteiger partial charge in [0.15, 0.2) is 0 Å². The molecule has 1 aliphatic heterocycles. The summed E-state index contributed by atoms with van der Waals surface area (Å²) in [6.07, 6.45) is 1.20. The van der Waals surface area contributed by atoms with Crippen LogP contribution in [-0.2, 0) is 14.8 Å². The molecule has 1 rings (SSSR count). The minimum absolute atomic E-state index is 0.00755. The van der Waals surface area contributed by atoms with E-state index in [1.165, 1.54) is 10.6 Å². The molecule has 0 aliphatic carbocycles. The molecule has 7 heteroatoms. The largest absolute Gasteiger partial charge is 0.338 e. The van der Waals surface area contributed by atoms with Crippen LogP contribution < -0.4 is 5.32 Å². The van der Waals surface area contributed by atoms with Gasteiger partial charge in [0, 0.05) is 26.2 Å². The molecule has 0 atom stereocenters. The van der Waals surface area contributed by atoms with E-state index in [4.69, 9.17) is 0 Å². The van der Waals surface area contributed by atoms with Gasteiger partial charge in [0.1, 0.15) is 0 Å². The number of rotatable bonds is 3. The Kier molecular flexibility index (Phi) is 4.16. The molecule has 1 fully saturated rings. The summed E-state index contributed by atoms with van der Waals surface area (Å²) in [7, 11) is -1.40. The van der Waals surface area contributed by atoms with Crippen LogP contribution in [0.3, 0.4) is 0 Å². The van der Waals surface area contributed by atoms with Gasteiger partial charge < -0.3 is 10.2 Å². The Hall–Kier alpha value is -0.660. The number of sulfonamides is 1. The van der Waals surface area contributed by atoms with E-state index in [2.05, 4.69) is 5.32 Å². The number of amides is 1. The van der Waals surface area contributed by atoms with Crippen LogP contribution in [0.25, 0.3) is 0 Å². The van der Waals surface area contributed by atoms with Crippen molar-refractivity contribution in [1.29, 1.82) is 0 Å². The van der Waals surface area contributed by atoms with Crippen LogP contribution in [0.1, 0.15) is 13.8 Å². The van der Waals surface area contributed by atoms with Gasteiger partial charge in [0.25, 0.3) is 0 Å². The van der Waals surface area contributed by atoms with Gasteiger partial charge in [-0.05, 0) is 20.9 Å². The summed E-state index contributed by atoms with van der Waals surface area (Å²) < 4.78 is 24.1. The number of nitrogens with one attached hydrogen (secondary N) is 1. The Morgan fingerprint density at radius 1 is 1.18 bits per heavy atom. The highest BCUT2D eigenvalue weighted by molar-refractivity contribution is 7.88. The van der Waals surface area contributed by atoms with Crippen molar-refractivity contribution in [2.45, 2.75) is 19.4 Å². The van der Waals surface area contributed by atoms with E-state index in [9.17, 15) is 13.2 Å². The highest BCUT2D eigenvalue weighted by atomic mass is 32.2. The van der Waals surface area contributed by atoms with E-state index in [0.717, 1.165) is 0 Å². The molecule has 0 spiro atoms. The molecule has 1 saturated heterocycles. The molecule has 0 aromatic carbocycles. The molecule has 1 amide bonds. The molecule has 6 nitrogen and oxygen atoms in total. The summed E-state index contributed by atoms with van der Waals surface area (Å²) in [5.74, 6) is 0.00755. The van der Waals surface area contributed by atoms with E-state index < -0.39 is 15.6 Å². The molecule has 0 bridgehead atoms. The van der Waals surface area contributed by atoms with Crippen LogP contribution in [0, 0.1) is 0 Å². The second-order valence-electron chi connectivity index (χ2n) is 4.83. The molecule has 0 unspecified atom stereocenters. The summed E-state index contributed by atoms with van der Waals surface area (Å²) in [5, 5.41) is 2.96. The zero-order valence-electron chi connectivity index (χ0n) is 10.9. The van der Waals surface area contributed by atoms with E-state index in [1.54, 1.807) is 11.9 Å². The monoisotopic (exact) mass is 263 g/mol. The molecule has 100 valence electrons. The van der Waals surface area contributed by atoms with Crippen molar-refractivity contribution in [1.82, 2.24) is 14.5 Å². The molecule has 0 aromatic heterocycles. The van der Waals surface area contributed by atoms with Crippen molar-refractivity contribution in [3.05, 3.63) is 0 Å². The van der Waals surface area contributed by atoms with E-state index in [-0.39, 0.29) is 5.91 Å². The van der Waals surface area contributed by atoms with Crippen LogP contribution in [0.15, 0.2) is 0 Å². The molecule has 0 aromatic rings. The van der Waals surface area contributed by atoms with Crippen LogP contribution >= 0.6 is 0 Å². The Morgan fingerprint density at radius 3 is 2.00 bits per heavy atom. The first-order valence-corrected chi connectivity index (χ1v) is 7.47. The lowest BCUT2D eigenvalue weighted by Crippen LogP contribution is -2.58. The first-order valence-electron chi connectivity index (χ1n) is 5.62. The van der Waals surface area contributed by atoms with Crippen molar-refractivity contribution in [3.63, 3.8) is 0 Å². The summed E-state index contributed by atoms with van der Waals surface area (Å²) in [4.78, 5) is 13.8. The Bertz CT molecular complexity index is 384. The molecule has 17 heavy (non-hydrogen) atoms. The number of carbonyl (C=O) groups is 1. The minimum atomic E-state index is -3.14. The van der Waals surface area contributed by atoms with Gasteiger partial charge in [-0.25, -0.2) is 8.42 Å². The van der Waals surface area contributed by atoms with Gasteiger partial charge in [0.2, 0.25) is 15.9 Å². The van der Waals surface area contributed by atoms with Gasteiger partial charge in [-0.1, -0.05) is 0 Å². The maximum absolute atomic E-state index is 12.1. The molecule has 1 N–H and O–H groups in total. The molecular weight excluding hydrogens is 242 g/mol. The number of hydrogen-bond donors (Lipinski definition) is 1. The van der Waals surface area contributed by atoms with Crippen molar-refractivity contribution >= 4 is 15.9 Å². The summed E-state index contributed by atoms with van der Waals surface area (Å²) in [6, 6.07) is 0. The fraction of sp³-hybridized carbons (Fsp3) is 0.900. The fourth-order valence-electron chi connectivity index (χ4n) is 1.73. The second-order valence-corrected chi connectivity index (χ2v) is 6.81. The third-order valence-electron chi connectivity index (χ3n) is 3.15. The minimum Gasteiger partial charge on any atom is -0.338 e. The van der Waals surface area contributed by atoms with E-state index >= 15 is 0 Å². The molecule has 1 aliphatic rings. The van der Waals surface area contributed by atoms with Crippen molar-refractivity contribution in [2.24, 2.45) is 0 Å². The van der Waals surface area contributed by atoms with Crippen LogP contribution in [0.4, 0.5) is 0 Å². The van der Waals surface area contributed by atoms with Crippen LogP contribution in [0.2, 0.25) is 0 Å². The molecular formula is C10H21N3O3S. The summed E-state index contributed by atoms with van der Waals surface area (Å²) in [6.45, 7) is 5.30. The van der Waals surface area contributed by atoms with E-state index in [0.29, 0.717) is 26.2 Å². The smallest absolute Gasteiger partial charge is 0.242 e. The lowest BCUT2D eigenvalue weighted by Gasteiger charge is -2.37. The molecule has 0 saturated carbocycles. The maximum Gasteiger partial charge on any atom is 0.242 e. The Balaban J connectivity index is 2.62. The zero-order valence-corrected chi connectivity index (χ0v) is 11.7. The van der Waals surface area contributed by atoms with Crippen LogP contribution in [-0.4, -0.2) is 68.6 Å². The number of hydrogen-bond acceptors (Lipinski definition) is 4. The van der Waals surface area contributed by atoms with Gasteiger partial charge in [-0.2, -0.15) is 4.31 Å². The van der Waals surface area contributed by atoms with Gasteiger partial charge in [0.05, 0.1) is 11.8 Å². The number of likely N-dealkylation sites (N-methyl/N-ethyl adjacent to an activating group) is 1. The topological polar surface area (TPSA) is 69.7 Å². The molecule has 1 heterocycles. The standard InChI is InChI=1S/C10H21N3O3S/c1-10(2,11-3)9(14)12-5-7-13(8-6-12)17(4,15)16/h11H,5-8H2,1-4H3. The normalized spacial score (nSPS) is 19.4. The summed E-state index contributed by atoms with van der Waals surface area (Å²) in [5.41, 5.74) is -0.604. The highest BCUT2D eigenvalue weighted by Gasteiger charge is 2.33. The molecule has 0 radical (unpaired) electrons. The highest BCUT2D eigenvalue weighted by Crippen LogP contribution is 2.12. The second kappa shape index (κ2) is 4.91. The Labute approximate surface area is 103 Å². The Morgan fingerprint density at radius 2 is 1.65 bits per heavy atom. The fourth-order valence-corrected chi connectivity index (χ4v) is 2.55. The first-order chi connectivity index (χ1) is 7.68. The maximum atomic E-state index is 12.1. The average Bonchev–Trinajstić information content (AvgIpc) is 2.27. The zero-order chi connectivity index (χ0) is 13.3. The third kappa shape index (κ3) is 3.40. The number of carbonyl (C=O) groups excluding carboxylic acids is 1. The predicted molar refractivity (Wildman–Crippen MR) is 66.1 cm³/mol. The van der Waals surface area contributed by atoms with Crippen molar-refractivity contribution < 1.29 is 13.2 Å². The lowest BCUT2D eigenvalue weighted by atomic mass is 10.0. The van der Waals surface area contributed by atoms with E-state index in [1.807, 2.05) is 13.8 Å². The van der Waals surface area contributed by atoms with Crippen LogP contribution in [0.5, 0.6) is 0 Å². The SMILES string of the molecule is CNC(C)(C)C(=O)N1CCN(S(C)(=O)=O)CC1. The average molecular weight is 263 g/mol. The van der Waals surface area contributed by atoms with Gasteiger partial charge in [-0.3, -0.25) is 4.79 Å². The predicted octanol–water partition coefficient (Wildman–Crippen LogP) is -0.912. The number of piperazine rings is 1.